The molecule has 0 saturated heterocycles. The number of hydrogen-bond acceptors (Lipinski definition) is 4. The lowest BCUT2D eigenvalue weighted by Gasteiger charge is -2.07. The molecule has 0 fully saturated rings. The predicted octanol–water partition coefficient (Wildman–Crippen LogP) is -0.0328. The van der Waals surface area contributed by atoms with E-state index < -0.39 is 6.10 Å². The van der Waals surface area contributed by atoms with Crippen molar-refractivity contribution in [3.8, 4) is 0 Å². The fourth-order valence-corrected chi connectivity index (χ4v) is 1.46. The van der Waals surface area contributed by atoms with Crippen LogP contribution >= 0.6 is 24.0 Å². The van der Waals surface area contributed by atoms with Crippen LogP contribution in [0.25, 0.3) is 0 Å². The quantitative estimate of drug-likeness (QED) is 0.550. The third-order valence-corrected chi connectivity index (χ3v) is 2.39. The first-order chi connectivity index (χ1) is 5.20. The van der Waals surface area contributed by atoms with Gasteiger partial charge in [-0.1, -0.05) is 24.0 Å². The summed E-state index contributed by atoms with van der Waals surface area (Å²) in [5, 5.41) is 20.3. The van der Waals surface area contributed by atoms with Gasteiger partial charge in [0.05, 0.1) is 12.7 Å². The summed E-state index contributed by atoms with van der Waals surface area (Å²) in [6, 6.07) is 0. The fourth-order valence-electron chi connectivity index (χ4n) is 0.420. The molecular formula is C6H13NO2S2. The molecule has 0 heterocycles. The first-order valence-corrected chi connectivity index (χ1v) is 4.79. The van der Waals surface area contributed by atoms with E-state index in [4.69, 9.17) is 22.4 Å². The molecule has 1 atom stereocenters. The molecule has 0 saturated carbocycles. The molecule has 0 aromatic carbocycles. The third-order valence-electron chi connectivity index (χ3n) is 0.939. The minimum absolute atomic E-state index is 0.207. The molecule has 0 aliphatic rings. The molecule has 66 valence electrons. The average Bonchev–Trinajstić information content (AvgIpc) is 2.01. The number of aliphatic hydroxyl groups is 2. The van der Waals surface area contributed by atoms with E-state index >= 15 is 0 Å². The van der Waals surface area contributed by atoms with Crippen LogP contribution in [-0.4, -0.2) is 39.5 Å². The Hall–Kier alpha value is 0.160. The highest BCUT2D eigenvalue weighted by Gasteiger charge is 2.03. The maximum absolute atomic E-state index is 8.92. The van der Waals surface area contributed by atoms with Crippen molar-refractivity contribution in [3.05, 3.63) is 0 Å². The summed E-state index contributed by atoms with van der Waals surface area (Å²) in [5.41, 5.74) is 0. The molecule has 0 unspecified atom stereocenters. The maximum Gasteiger partial charge on any atom is 0.133 e. The van der Waals surface area contributed by atoms with Crippen molar-refractivity contribution in [3.63, 3.8) is 0 Å². The zero-order valence-electron chi connectivity index (χ0n) is 6.41. The minimum atomic E-state index is -0.670. The molecule has 0 rings (SSSR count). The number of aliphatic hydroxyl groups excluding tert-OH is 2. The second kappa shape index (κ2) is 6.84. The van der Waals surface area contributed by atoms with E-state index in [2.05, 4.69) is 5.32 Å². The van der Waals surface area contributed by atoms with Crippen LogP contribution in [0.5, 0.6) is 0 Å². The van der Waals surface area contributed by atoms with Crippen LogP contribution in [0.4, 0.5) is 0 Å². The standard InChI is InChI=1S/C6H13NO2S2/c1-2-7-6(10)11-4-5(9)3-8/h5,8-9H,2-4H2,1H3,(H,7,10)/t5-/m1/s1. The van der Waals surface area contributed by atoms with Crippen molar-refractivity contribution in [1.82, 2.24) is 5.32 Å². The van der Waals surface area contributed by atoms with Gasteiger partial charge < -0.3 is 15.5 Å². The molecule has 0 amide bonds. The van der Waals surface area contributed by atoms with Crippen LogP contribution in [0, 0.1) is 0 Å². The number of rotatable bonds is 4. The summed E-state index contributed by atoms with van der Waals surface area (Å²) in [6.45, 7) is 2.54. The molecule has 0 bridgehead atoms. The minimum Gasteiger partial charge on any atom is -0.394 e. The number of nitrogens with one attached hydrogen (secondary N) is 1. The van der Waals surface area contributed by atoms with E-state index in [0.29, 0.717) is 10.1 Å². The topological polar surface area (TPSA) is 52.5 Å². The Morgan fingerprint density at radius 1 is 1.73 bits per heavy atom. The van der Waals surface area contributed by atoms with Crippen molar-refractivity contribution >= 4 is 28.3 Å². The third kappa shape index (κ3) is 6.55. The molecule has 11 heavy (non-hydrogen) atoms. The molecule has 5 heteroatoms. The first-order valence-electron chi connectivity index (χ1n) is 3.40. The highest BCUT2D eigenvalue weighted by Crippen LogP contribution is 2.03. The van der Waals surface area contributed by atoms with E-state index in [9.17, 15) is 0 Å². The highest BCUT2D eigenvalue weighted by atomic mass is 32.2. The number of hydrogen-bond donors (Lipinski definition) is 3. The lowest BCUT2D eigenvalue weighted by Crippen LogP contribution is -2.21. The van der Waals surface area contributed by atoms with Crippen molar-refractivity contribution in [2.45, 2.75) is 13.0 Å². The van der Waals surface area contributed by atoms with Gasteiger partial charge in [0.15, 0.2) is 0 Å². The lowest BCUT2D eigenvalue weighted by atomic mass is 10.4. The Bertz CT molecular complexity index is 121. The molecule has 0 radical (unpaired) electrons. The normalized spacial score (nSPS) is 12.6. The van der Waals surface area contributed by atoms with Crippen LogP contribution < -0.4 is 5.32 Å². The second-order valence-corrected chi connectivity index (χ2v) is 3.66. The van der Waals surface area contributed by atoms with Gasteiger partial charge in [-0.2, -0.15) is 0 Å². The summed E-state index contributed by atoms with van der Waals surface area (Å²) in [4.78, 5) is 0. The van der Waals surface area contributed by atoms with E-state index in [1.165, 1.54) is 11.8 Å². The van der Waals surface area contributed by atoms with E-state index in [0.717, 1.165) is 6.54 Å². The molecule has 3 nitrogen and oxygen atoms in total. The van der Waals surface area contributed by atoms with Gasteiger partial charge in [0.25, 0.3) is 0 Å². The van der Waals surface area contributed by atoms with E-state index in [1.807, 2.05) is 6.92 Å². The van der Waals surface area contributed by atoms with E-state index in [1.54, 1.807) is 0 Å². The number of thiocarbonyl (C=S) groups is 1. The molecule has 0 aliphatic heterocycles. The zero-order chi connectivity index (χ0) is 8.69. The molecule has 3 N–H and O–H groups in total. The van der Waals surface area contributed by atoms with E-state index in [-0.39, 0.29) is 6.61 Å². The Labute approximate surface area is 76.2 Å². The van der Waals surface area contributed by atoms with Crippen molar-refractivity contribution in [2.75, 3.05) is 18.9 Å². The second-order valence-electron chi connectivity index (χ2n) is 1.97. The largest absolute Gasteiger partial charge is 0.394 e. The van der Waals surface area contributed by atoms with Crippen molar-refractivity contribution < 1.29 is 10.2 Å². The van der Waals surface area contributed by atoms with Crippen molar-refractivity contribution in [2.24, 2.45) is 0 Å². The Balaban J connectivity index is 3.30. The van der Waals surface area contributed by atoms with Gasteiger partial charge in [-0.25, -0.2) is 0 Å². The summed E-state index contributed by atoms with van der Waals surface area (Å²) in [7, 11) is 0. The van der Waals surface area contributed by atoms with Crippen LogP contribution in [0.3, 0.4) is 0 Å². The lowest BCUT2D eigenvalue weighted by molar-refractivity contribution is 0.114. The molecule has 0 aliphatic carbocycles. The fraction of sp³-hybridized carbons (Fsp3) is 0.833. The zero-order valence-corrected chi connectivity index (χ0v) is 8.04. The summed E-state index contributed by atoms with van der Waals surface area (Å²) >= 11 is 6.22. The molecular weight excluding hydrogens is 182 g/mol. The Morgan fingerprint density at radius 2 is 2.36 bits per heavy atom. The average molecular weight is 195 g/mol. The number of thioether (sulfide) groups is 1. The monoisotopic (exact) mass is 195 g/mol. The van der Waals surface area contributed by atoms with Crippen LogP contribution in [0.15, 0.2) is 0 Å². The van der Waals surface area contributed by atoms with Crippen LogP contribution in [0.1, 0.15) is 6.92 Å². The van der Waals surface area contributed by atoms with Gasteiger partial charge in [-0.05, 0) is 6.92 Å². The maximum atomic E-state index is 8.92. The van der Waals surface area contributed by atoms with Gasteiger partial charge >= 0.3 is 0 Å². The highest BCUT2D eigenvalue weighted by molar-refractivity contribution is 8.23. The SMILES string of the molecule is CCNC(=S)SC[C@H](O)CO. The predicted molar refractivity (Wildman–Crippen MR) is 51.8 cm³/mol. The van der Waals surface area contributed by atoms with Gasteiger partial charge in [0.1, 0.15) is 4.32 Å². The Kier molecular flexibility index (Phi) is 6.94. The first kappa shape index (κ1) is 11.2. The summed E-state index contributed by atoms with van der Waals surface area (Å²) in [6.07, 6.45) is -0.670. The van der Waals surface area contributed by atoms with Gasteiger partial charge in [0, 0.05) is 12.3 Å². The van der Waals surface area contributed by atoms with Gasteiger partial charge in [0.2, 0.25) is 0 Å². The molecule has 0 aromatic rings. The summed E-state index contributed by atoms with van der Waals surface area (Å²) < 4.78 is 0.667. The Morgan fingerprint density at radius 3 is 2.82 bits per heavy atom. The molecule has 0 aromatic heterocycles. The summed E-state index contributed by atoms with van der Waals surface area (Å²) in [5.74, 6) is 0.447. The van der Waals surface area contributed by atoms with Gasteiger partial charge in [-0.3, -0.25) is 0 Å². The van der Waals surface area contributed by atoms with Gasteiger partial charge in [-0.15, -0.1) is 0 Å². The van der Waals surface area contributed by atoms with Crippen molar-refractivity contribution in [1.29, 1.82) is 0 Å². The molecule has 0 spiro atoms. The van der Waals surface area contributed by atoms with Crippen LogP contribution in [0.2, 0.25) is 0 Å². The smallest absolute Gasteiger partial charge is 0.133 e. The van der Waals surface area contributed by atoms with Crippen LogP contribution in [-0.2, 0) is 0 Å².